The minimum Gasteiger partial charge on any atom is -0.491 e. The molecule has 0 fully saturated rings. The summed E-state index contributed by atoms with van der Waals surface area (Å²) < 4.78 is 31.0. The predicted molar refractivity (Wildman–Crippen MR) is 52.2 cm³/mol. The number of nitrogens with zero attached hydrogens (tertiary/aromatic N) is 1. The molecule has 0 bridgehead atoms. The Labute approximate surface area is 89.4 Å². The van der Waals surface area contributed by atoms with Gasteiger partial charge in [-0.05, 0) is 15.9 Å². The molecule has 1 rings (SSSR count). The van der Waals surface area contributed by atoms with Gasteiger partial charge in [-0.15, -0.1) is 0 Å². The Morgan fingerprint density at radius 1 is 1.50 bits per heavy atom. The van der Waals surface area contributed by atoms with Gasteiger partial charge in [-0.3, -0.25) is 4.98 Å². The van der Waals surface area contributed by atoms with Crippen LogP contribution in [0.15, 0.2) is 16.9 Å². The fourth-order valence-electron chi connectivity index (χ4n) is 0.748. The van der Waals surface area contributed by atoms with Crippen LogP contribution in [0.25, 0.3) is 0 Å². The van der Waals surface area contributed by atoms with Crippen LogP contribution in [-0.2, 0) is 10.3 Å². The molecule has 0 unspecified atom stereocenters. The van der Waals surface area contributed by atoms with Gasteiger partial charge in [-0.2, -0.15) is 13.6 Å². The van der Waals surface area contributed by atoms with Gasteiger partial charge >= 0.3 is 10.3 Å². The normalized spacial score (nSPS) is 11.1. The van der Waals surface area contributed by atoms with Crippen molar-refractivity contribution in [2.75, 3.05) is 7.11 Å². The maximum absolute atomic E-state index is 10.7. The van der Waals surface area contributed by atoms with Crippen LogP contribution < -0.4 is 14.1 Å². The molecule has 78 valence electrons. The summed E-state index contributed by atoms with van der Waals surface area (Å²) in [5, 5.41) is 4.71. The maximum Gasteiger partial charge on any atom is 0.380 e. The Balaban J connectivity index is 3.18. The molecule has 0 aromatic carbocycles. The highest BCUT2D eigenvalue weighted by Gasteiger charge is 2.14. The molecule has 0 atom stereocenters. The molecule has 0 aliphatic carbocycles. The molecule has 1 aromatic rings. The molecule has 6 nitrogen and oxygen atoms in total. The molecule has 1 heterocycles. The summed E-state index contributed by atoms with van der Waals surface area (Å²) in [6.45, 7) is 0. The van der Waals surface area contributed by atoms with E-state index >= 15 is 0 Å². The van der Waals surface area contributed by atoms with E-state index in [-0.39, 0.29) is 11.5 Å². The number of methoxy groups -OCH3 is 1. The first-order valence-corrected chi connectivity index (χ1v) is 5.60. The van der Waals surface area contributed by atoms with Crippen molar-refractivity contribution < 1.29 is 17.3 Å². The highest BCUT2D eigenvalue weighted by molar-refractivity contribution is 9.10. The van der Waals surface area contributed by atoms with Crippen molar-refractivity contribution in [1.82, 2.24) is 4.98 Å². The van der Waals surface area contributed by atoms with E-state index in [9.17, 15) is 8.42 Å². The molecule has 0 amide bonds. The number of nitrogens with two attached hydrogens (primary N) is 1. The van der Waals surface area contributed by atoms with E-state index in [2.05, 4.69) is 25.1 Å². The number of halogens is 1. The standard InChI is InChI=1S/C6H7BrN2O4S/c1-12-5-3-9-2-4(7)6(5)13-14(8,10)11/h2-3H,1H3,(H2,8,10,11). The van der Waals surface area contributed by atoms with E-state index < -0.39 is 10.3 Å². The Hall–Kier alpha value is -0.860. The van der Waals surface area contributed by atoms with E-state index in [0.717, 1.165) is 0 Å². The molecule has 0 saturated carbocycles. The molecule has 0 spiro atoms. The summed E-state index contributed by atoms with van der Waals surface area (Å²) in [6, 6.07) is 0. The van der Waals surface area contributed by atoms with Gasteiger partial charge in [0.25, 0.3) is 0 Å². The third kappa shape index (κ3) is 2.82. The summed E-state index contributed by atoms with van der Waals surface area (Å²) in [4.78, 5) is 3.76. The van der Waals surface area contributed by atoms with Crippen molar-refractivity contribution in [2.24, 2.45) is 5.14 Å². The van der Waals surface area contributed by atoms with Gasteiger partial charge in [-0.1, -0.05) is 0 Å². The SMILES string of the molecule is COc1cncc(Br)c1OS(N)(=O)=O. The van der Waals surface area contributed by atoms with Crippen molar-refractivity contribution in [1.29, 1.82) is 0 Å². The van der Waals surface area contributed by atoms with E-state index in [4.69, 9.17) is 9.88 Å². The largest absolute Gasteiger partial charge is 0.491 e. The number of aromatic nitrogens is 1. The van der Waals surface area contributed by atoms with Crippen LogP contribution in [0.4, 0.5) is 0 Å². The monoisotopic (exact) mass is 282 g/mol. The topological polar surface area (TPSA) is 91.5 Å². The molecule has 0 aliphatic heterocycles. The molecule has 0 aliphatic rings. The van der Waals surface area contributed by atoms with Crippen LogP contribution in [0.2, 0.25) is 0 Å². The average Bonchev–Trinajstić information content (AvgIpc) is 2.06. The second kappa shape index (κ2) is 4.11. The van der Waals surface area contributed by atoms with Gasteiger partial charge < -0.3 is 8.92 Å². The first-order valence-electron chi connectivity index (χ1n) is 3.33. The van der Waals surface area contributed by atoms with Crippen molar-refractivity contribution >= 4 is 26.2 Å². The third-order valence-electron chi connectivity index (χ3n) is 1.24. The van der Waals surface area contributed by atoms with Gasteiger partial charge in [0.2, 0.25) is 5.75 Å². The molecular weight excluding hydrogens is 276 g/mol. The third-order valence-corrected chi connectivity index (χ3v) is 2.20. The molecular formula is C6H7BrN2O4S. The quantitative estimate of drug-likeness (QED) is 0.868. The van der Waals surface area contributed by atoms with E-state index in [1.807, 2.05) is 0 Å². The minimum absolute atomic E-state index is 0.0231. The van der Waals surface area contributed by atoms with Gasteiger partial charge in [-0.25, -0.2) is 0 Å². The first kappa shape index (κ1) is 11.2. The number of pyridine rings is 1. The Kier molecular flexibility index (Phi) is 3.29. The Bertz CT molecular complexity index is 433. The van der Waals surface area contributed by atoms with Crippen LogP contribution in [0.1, 0.15) is 0 Å². The lowest BCUT2D eigenvalue weighted by atomic mass is 10.4. The second-order valence-electron chi connectivity index (χ2n) is 2.23. The van der Waals surface area contributed by atoms with Crippen LogP contribution >= 0.6 is 15.9 Å². The minimum atomic E-state index is -4.07. The van der Waals surface area contributed by atoms with Crippen LogP contribution in [0.3, 0.4) is 0 Å². The second-order valence-corrected chi connectivity index (χ2v) is 4.24. The van der Waals surface area contributed by atoms with E-state index in [1.54, 1.807) is 0 Å². The summed E-state index contributed by atoms with van der Waals surface area (Å²) in [5.41, 5.74) is 0. The van der Waals surface area contributed by atoms with E-state index in [0.29, 0.717) is 4.47 Å². The highest BCUT2D eigenvalue weighted by atomic mass is 79.9. The fraction of sp³-hybridized carbons (Fsp3) is 0.167. The summed E-state index contributed by atoms with van der Waals surface area (Å²) in [7, 11) is -2.71. The zero-order valence-electron chi connectivity index (χ0n) is 7.10. The van der Waals surface area contributed by atoms with Gasteiger partial charge in [0.15, 0.2) is 5.75 Å². The molecule has 14 heavy (non-hydrogen) atoms. The average molecular weight is 283 g/mol. The molecule has 1 aromatic heterocycles. The molecule has 0 radical (unpaired) electrons. The van der Waals surface area contributed by atoms with E-state index in [1.165, 1.54) is 19.5 Å². The number of ether oxygens (including phenoxy) is 1. The van der Waals surface area contributed by atoms with Gasteiger partial charge in [0.1, 0.15) is 0 Å². The van der Waals surface area contributed by atoms with Crippen LogP contribution in [0, 0.1) is 0 Å². The smallest absolute Gasteiger partial charge is 0.380 e. The summed E-state index contributed by atoms with van der Waals surface area (Å²) in [5.74, 6) is 0.151. The Morgan fingerprint density at radius 2 is 2.14 bits per heavy atom. The fourth-order valence-corrected chi connectivity index (χ4v) is 1.65. The highest BCUT2D eigenvalue weighted by Crippen LogP contribution is 2.34. The maximum atomic E-state index is 10.7. The van der Waals surface area contributed by atoms with Crippen molar-refractivity contribution in [3.05, 3.63) is 16.9 Å². The lowest BCUT2D eigenvalue weighted by molar-refractivity contribution is 0.387. The van der Waals surface area contributed by atoms with Crippen LogP contribution in [0.5, 0.6) is 11.5 Å². The number of rotatable bonds is 3. The van der Waals surface area contributed by atoms with Crippen LogP contribution in [-0.4, -0.2) is 20.5 Å². The van der Waals surface area contributed by atoms with Crippen molar-refractivity contribution in [3.8, 4) is 11.5 Å². The lowest BCUT2D eigenvalue weighted by Crippen LogP contribution is -2.19. The molecule has 8 heteroatoms. The van der Waals surface area contributed by atoms with Gasteiger partial charge in [0, 0.05) is 6.20 Å². The van der Waals surface area contributed by atoms with Gasteiger partial charge in [0.05, 0.1) is 17.8 Å². The Morgan fingerprint density at radius 3 is 2.64 bits per heavy atom. The lowest BCUT2D eigenvalue weighted by Gasteiger charge is -2.08. The van der Waals surface area contributed by atoms with Crippen molar-refractivity contribution in [2.45, 2.75) is 0 Å². The summed E-state index contributed by atoms with van der Waals surface area (Å²) in [6.07, 6.45) is 2.67. The zero-order chi connectivity index (χ0) is 10.8. The molecule has 2 N–H and O–H groups in total. The first-order chi connectivity index (χ1) is 6.44. The predicted octanol–water partition coefficient (Wildman–Crippen LogP) is 0.435. The molecule has 0 saturated heterocycles. The number of hydrogen-bond donors (Lipinski definition) is 1. The van der Waals surface area contributed by atoms with Crippen molar-refractivity contribution in [3.63, 3.8) is 0 Å². The summed E-state index contributed by atoms with van der Waals surface area (Å²) >= 11 is 3.05. The number of hydrogen-bond acceptors (Lipinski definition) is 5. The zero-order valence-corrected chi connectivity index (χ0v) is 9.50.